The molecule has 0 amide bonds. The van der Waals surface area contributed by atoms with Crippen LogP contribution in [0.5, 0.6) is 0 Å². The zero-order valence-electron chi connectivity index (χ0n) is 15.9. The molecule has 4 bridgehead atoms. The first kappa shape index (κ1) is 16.6. The fourth-order valence-electron chi connectivity index (χ4n) is 6.89. The molecule has 28 heavy (non-hydrogen) atoms. The number of nitriles is 1. The van der Waals surface area contributed by atoms with Crippen LogP contribution in [0.2, 0.25) is 0 Å². The second-order valence-electron chi connectivity index (χ2n) is 9.20. The first-order valence-corrected chi connectivity index (χ1v) is 10.5. The van der Waals surface area contributed by atoms with Gasteiger partial charge in [0.15, 0.2) is 0 Å². The maximum Gasteiger partial charge on any atom is 0.273 e. The summed E-state index contributed by atoms with van der Waals surface area (Å²) < 4.78 is 8.51. The molecule has 2 atom stereocenters. The number of rotatable bonds is 4. The highest BCUT2D eigenvalue weighted by atomic mass is 16.5. The molecule has 1 N–H and O–H groups in total. The van der Waals surface area contributed by atoms with E-state index in [1.165, 1.54) is 12.8 Å². The van der Waals surface area contributed by atoms with Gasteiger partial charge in [0.05, 0.1) is 47.3 Å². The molecule has 7 rings (SSSR count). The topological polar surface area (TPSA) is 83.7 Å². The van der Waals surface area contributed by atoms with E-state index >= 15 is 0 Å². The minimum Gasteiger partial charge on any atom is -0.374 e. The van der Waals surface area contributed by atoms with Gasteiger partial charge in [0, 0.05) is 18.2 Å². The Morgan fingerprint density at radius 1 is 1.32 bits per heavy atom. The largest absolute Gasteiger partial charge is 0.374 e. The number of allylic oxidation sites excluding steroid dienone is 1. The van der Waals surface area contributed by atoms with Crippen molar-refractivity contribution < 1.29 is 4.74 Å². The SMILES string of the molecule is N#CCCOC12CC3CC(C1)C(n1[nH]c(=O)c4cnc5c(c41)C=CC5)C(C3)C2. The van der Waals surface area contributed by atoms with Crippen LogP contribution in [0, 0.1) is 29.1 Å². The van der Waals surface area contributed by atoms with Gasteiger partial charge in [-0.2, -0.15) is 5.26 Å². The van der Waals surface area contributed by atoms with E-state index in [9.17, 15) is 4.79 Å². The van der Waals surface area contributed by atoms with Crippen LogP contribution < -0.4 is 5.56 Å². The molecule has 4 fully saturated rings. The van der Waals surface area contributed by atoms with Gasteiger partial charge in [0.2, 0.25) is 0 Å². The molecule has 2 aromatic heterocycles. The van der Waals surface area contributed by atoms with E-state index in [2.05, 4.69) is 33.0 Å². The minimum atomic E-state index is -0.0451. The zero-order valence-corrected chi connectivity index (χ0v) is 15.9. The third-order valence-electron chi connectivity index (χ3n) is 7.56. The van der Waals surface area contributed by atoms with Crippen LogP contribution in [-0.4, -0.2) is 27.0 Å². The number of aromatic amines is 1. The highest BCUT2D eigenvalue weighted by molar-refractivity contribution is 5.89. The average molecular weight is 376 g/mol. The minimum absolute atomic E-state index is 0.0283. The monoisotopic (exact) mass is 376 g/mol. The molecule has 144 valence electrons. The molecule has 6 heteroatoms. The highest BCUT2D eigenvalue weighted by Crippen LogP contribution is 2.61. The highest BCUT2D eigenvalue weighted by Gasteiger charge is 2.57. The van der Waals surface area contributed by atoms with Gasteiger partial charge in [0.1, 0.15) is 0 Å². The molecule has 4 saturated carbocycles. The number of hydrogen-bond acceptors (Lipinski definition) is 4. The van der Waals surface area contributed by atoms with Crippen LogP contribution in [0.25, 0.3) is 17.0 Å². The lowest BCUT2D eigenvalue weighted by molar-refractivity contribution is -0.179. The Labute approximate surface area is 163 Å². The summed E-state index contributed by atoms with van der Waals surface area (Å²) in [5.74, 6) is 1.76. The van der Waals surface area contributed by atoms with Crippen LogP contribution in [0.1, 0.15) is 55.8 Å². The van der Waals surface area contributed by atoms with Crippen molar-refractivity contribution in [3.05, 3.63) is 33.9 Å². The molecule has 6 nitrogen and oxygen atoms in total. The lowest BCUT2D eigenvalue weighted by Crippen LogP contribution is -2.56. The predicted octanol–water partition coefficient (Wildman–Crippen LogP) is 3.34. The van der Waals surface area contributed by atoms with E-state index in [0.29, 0.717) is 36.3 Å². The molecule has 5 aliphatic carbocycles. The fraction of sp³-hybridized carbons (Fsp3) is 0.591. The number of ether oxygens (including phenoxy) is 1. The molecule has 5 aliphatic rings. The fourth-order valence-corrected chi connectivity index (χ4v) is 6.89. The van der Waals surface area contributed by atoms with Crippen LogP contribution in [0.4, 0.5) is 0 Å². The van der Waals surface area contributed by atoms with Gasteiger partial charge in [-0.1, -0.05) is 12.2 Å². The molecular weight excluding hydrogens is 352 g/mol. The third kappa shape index (κ3) is 2.23. The van der Waals surface area contributed by atoms with E-state index < -0.39 is 0 Å². The summed E-state index contributed by atoms with van der Waals surface area (Å²) >= 11 is 0. The molecule has 0 saturated heterocycles. The van der Waals surface area contributed by atoms with Crippen molar-refractivity contribution in [2.24, 2.45) is 17.8 Å². The van der Waals surface area contributed by atoms with Crippen LogP contribution in [-0.2, 0) is 11.2 Å². The molecular formula is C22H24N4O2. The molecule has 2 heterocycles. The predicted molar refractivity (Wildman–Crippen MR) is 105 cm³/mol. The maximum absolute atomic E-state index is 12.7. The number of nitrogens with zero attached hydrogens (tertiary/aromatic N) is 3. The summed E-state index contributed by atoms with van der Waals surface area (Å²) in [5.41, 5.74) is 3.15. The number of pyridine rings is 1. The Kier molecular flexibility index (Phi) is 3.43. The van der Waals surface area contributed by atoms with Gasteiger partial charge < -0.3 is 4.74 Å². The van der Waals surface area contributed by atoms with Gasteiger partial charge >= 0.3 is 0 Å². The Balaban J connectivity index is 1.42. The quantitative estimate of drug-likeness (QED) is 0.830. The zero-order chi connectivity index (χ0) is 18.9. The average Bonchev–Trinajstić information content (AvgIpc) is 3.26. The van der Waals surface area contributed by atoms with Gasteiger partial charge in [-0.3, -0.25) is 19.6 Å². The Hall–Kier alpha value is -2.39. The Morgan fingerprint density at radius 3 is 2.93 bits per heavy atom. The van der Waals surface area contributed by atoms with Crippen molar-refractivity contribution in [1.29, 1.82) is 5.26 Å². The first-order chi connectivity index (χ1) is 13.7. The van der Waals surface area contributed by atoms with Crippen molar-refractivity contribution in [2.45, 2.75) is 56.6 Å². The van der Waals surface area contributed by atoms with E-state index in [1.807, 2.05) is 0 Å². The van der Waals surface area contributed by atoms with Crippen LogP contribution in [0.3, 0.4) is 0 Å². The summed E-state index contributed by atoms with van der Waals surface area (Å²) in [6, 6.07) is 2.53. The lowest BCUT2D eigenvalue weighted by Gasteiger charge is -2.59. The molecule has 0 spiro atoms. The third-order valence-corrected chi connectivity index (χ3v) is 7.56. The van der Waals surface area contributed by atoms with E-state index in [-0.39, 0.29) is 11.2 Å². The Morgan fingerprint density at radius 2 is 2.14 bits per heavy atom. The number of fused-ring (bicyclic) bond motifs is 3. The normalized spacial score (nSPS) is 34.8. The molecule has 2 unspecified atom stereocenters. The number of aromatic nitrogens is 3. The van der Waals surface area contributed by atoms with Crippen LogP contribution in [0.15, 0.2) is 17.1 Å². The Bertz CT molecular complexity index is 1070. The van der Waals surface area contributed by atoms with Crippen molar-refractivity contribution in [3.8, 4) is 6.07 Å². The summed E-state index contributed by atoms with van der Waals surface area (Å²) in [6.45, 7) is 0.542. The van der Waals surface area contributed by atoms with Gasteiger partial charge in [-0.25, -0.2) is 0 Å². The molecule has 2 aromatic rings. The molecule has 0 radical (unpaired) electrons. The number of nitrogens with one attached hydrogen (secondary N) is 1. The number of H-pyrrole nitrogens is 1. The van der Waals surface area contributed by atoms with E-state index in [1.54, 1.807) is 6.20 Å². The first-order valence-electron chi connectivity index (χ1n) is 10.5. The summed E-state index contributed by atoms with van der Waals surface area (Å²) in [4.78, 5) is 17.2. The van der Waals surface area contributed by atoms with Crippen molar-refractivity contribution in [3.63, 3.8) is 0 Å². The summed E-state index contributed by atoms with van der Waals surface area (Å²) in [7, 11) is 0. The standard InChI is InChI=1S/C22H24N4O2/c23-5-2-6-28-22-9-13-7-14(10-22)19(15(8-13)11-22)26-20-16-3-1-4-18(16)24-12-17(20)21(27)25-26/h1,3,12-15,19H,2,4,6-11H2,(H,25,27). The molecule has 0 aromatic carbocycles. The van der Waals surface area contributed by atoms with Gasteiger partial charge in [0.25, 0.3) is 5.56 Å². The molecule has 0 aliphatic heterocycles. The van der Waals surface area contributed by atoms with Crippen LogP contribution >= 0.6 is 0 Å². The van der Waals surface area contributed by atoms with E-state index in [0.717, 1.165) is 48.4 Å². The smallest absolute Gasteiger partial charge is 0.273 e. The van der Waals surface area contributed by atoms with E-state index in [4.69, 9.17) is 10.00 Å². The maximum atomic E-state index is 12.7. The summed E-state index contributed by atoms with van der Waals surface area (Å²) in [5, 5.41) is 12.8. The second kappa shape index (κ2) is 5.81. The van der Waals surface area contributed by atoms with Gasteiger partial charge in [-0.05, 0) is 49.9 Å². The summed E-state index contributed by atoms with van der Waals surface area (Å²) in [6.07, 6.45) is 13.0. The number of hydrogen-bond donors (Lipinski definition) is 1. The second-order valence-corrected chi connectivity index (χ2v) is 9.20. The van der Waals surface area contributed by atoms with Crippen molar-refractivity contribution in [2.75, 3.05) is 6.61 Å². The van der Waals surface area contributed by atoms with Crippen molar-refractivity contribution in [1.82, 2.24) is 14.8 Å². The lowest BCUT2D eigenvalue weighted by atomic mass is 9.52. The van der Waals surface area contributed by atoms with Crippen molar-refractivity contribution >= 4 is 17.0 Å². The van der Waals surface area contributed by atoms with Gasteiger partial charge in [-0.15, -0.1) is 0 Å².